The van der Waals surface area contributed by atoms with Crippen molar-refractivity contribution in [2.75, 3.05) is 23.1 Å². The first-order chi connectivity index (χ1) is 14.7. The minimum atomic E-state index is -4.50. The molecule has 0 fully saturated rings. The molecule has 0 radical (unpaired) electrons. The molecule has 0 aliphatic rings. The summed E-state index contributed by atoms with van der Waals surface area (Å²) < 4.78 is 43.5. The minimum absolute atomic E-state index is 0.0320. The van der Waals surface area contributed by atoms with Crippen LogP contribution in [0.5, 0.6) is 5.75 Å². The maximum Gasteiger partial charge on any atom is 0.416 e. The highest BCUT2D eigenvalue weighted by atomic mass is 32.1. The molecule has 11 heteroatoms. The van der Waals surface area contributed by atoms with Gasteiger partial charge >= 0.3 is 12.2 Å². The van der Waals surface area contributed by atoms with Gasteiger partial charge in [-0.25, -0.2) is 9.78 Å². The second-order valence-electron chi connectivity index (χ2n) is 6.23. The number of benzene rings is 2. The molecule has 0 spiro atoms. The number of amides is 3. The molecule has 3 amide bonds. The second kappa shape index (κ2) is 9.47. The fourth-order valence-electron chi connectivity index (χ4n) is 2.59. The summed E-state index contributed by atoms with van der Waals surface area (Å²) in [4.78, 5) is 28.4. The summed E-state index contributed by atoms with van der Waals surface area (Å²) in [7, 11) is 1.48. The van der Waals surface area contributed by atoms with Crippen molar-refractivity contribution in [1.82, 2.24) is 4.98 Å². The number of hydrogen-bond donors (Lipinski definition) is 3. The Morgan fingerprint density at radius 3 is 2.58 bits per heavy atom. The topological polar surface area (TPSA) is 92.3 Å². The van der Waals surface area contributed by atoms with Gasteiger partial charge in [-0.2, -0.15) is 13.2 Å². The van der Waals surface area contributed by atoms with Crippen molar-refractivity contribution in [3.05, 3.63) is 65.2 Å². The van der Waals surface area contributed by atoms with Crippen molar-refractivity contribution in [3.8, 4) is 5.75 Å². The number of thiazole rings is 1. The first kappa shape index (κ1) is 22.1. The summed E-state index contributed by atoms with van der Waals surface area (Å²) in [6, 6.07) is 10.7. The Balaban J connectivity index is 1.56. The van der Waals surface area contributed by atoms with E-state index >= 15 is 0 Å². The molecule has 0 aliphatic carbocycles. The van der Waals surface area contributed by atoms with Gasteiger partial charge in [0.25, 0.3) is 0 Å². The van der Waals surface area contributed by atoms with Crippen LogP contribution in [0, 0.1) is 0 Å². The van der Waals surface area contributed by atoms with Crippen LogP contribution < -0.4 is 20.7 Å². The number of carbonyl (C=O) groups excluding carboxylic acids is 2. The summed E-state index contributed by atoms with van der Waals surface area (Å²) in [6.45, 7) is 0. The number of anilines is 3. The minimum Gasteiger partial charge on any atom is -0.495 e. The van der Waals surface area contributed by atoms with Gasteiger partial charge in [0, 0.05) is 11.1 Å². The monoisotopic (exact) mass is 450 g/mol. The number of methoxy groups -OCH3 is 1. The molecule has 1 aromatic heterocycles. The summed E-state index contributed by atoms with van der Waals surface area (Å²) >= 11 is 1.11. The van der Waals surface area contributed by atoms with Crippen LogP contribution >= 0.6 is 11.3 Å². The van der Waals surface area contributed by atoms with Crippen LogP contribution in [0.3, 0.4) is 0 Å². The van der Waals surface area contributed by atoms with E-state index < -0.39 is 23.7 Å². The Bertz CT molecular complexity index is 1090. The maximum absolute atomic E-state index is 12.8. The van der Waals surface area contributed by atoms with Gasteiger partial charge in [-0.1, -0.05) is 18.2 Å². The van der Waals surface area contributed by atoms with Crippen molar-refractivity contribution in [3.63, 3.8) is 0 Å². The van der Waals surface area contributed by atoms with Gasteiger partial charge in [0.15, 0.2) is 5.13 Å². The van der Waals surface area contributed by atoms with Gasteiger partial charge in [-0.15, -0.1) is 11.3 Å². The molecule has 0 saturated carbocycles. The zero-order valence-corrected chi connectivity index (χ0v) is 16.9. The third-order valence-corrected chi connectivity index (χ3v) is 4.75. The van der Waals surface area contributed by atoms with E-state index in [1.54, 1.807) is 29.6 Å². The molecule has 0 bridgehead atoms. The molecule has 0 unspecified atom stereocenters. The van der Waals surface area contributed by atoms with Crippen molar-refractivity contribution in [2.45, 2.75) is 12.6 Å². The number of nitrogens with zero attached hydrogens (tertiary/aromatic N) is 1. The Labute approximate surface area is 179 Å². The summed E-state index contributed by atoms with van der Waals surface area (Å²) in [5.74, 6) is -0.0432. The molecule has 3 rings (SSSR count). The van der Waals surface area contributed by atoms with Gasteiger partial charge in [-0.3, -0.25) is 10.1 Å². The predicted molar refractivity (Wildman–Crippen MR) is 112 cm³/mol. The largest absolute Gasteiger partial charge is 0.495 e. The SMILES string of the molecule is COc1ccccc1NC(=O)Nc1nc(CC(=O)Nc2cccc(C(F)(F)F)c2)cs1. The Morgan fingerprint density at radius 2 is 1.84 bits per heavy atom. The van der Waals surface area contributed by atoms with Crippen molar-refractivity contribution in [1.29, 1.82) is 0 Å². The van der Waals surface area contributed by atoms with E-state index in [0.717, 1.165) is 23.5 Å². The highest BCUT2D eigenvalue weighted by molar-refractivity contribution is 7.14. The fourth-order valence-corrected chi connectivity index (χ4v) is 3.29. The summed E-state index contributed by atoms with van der Waals surface area (Å²) in [5, 5.41) is 9.43. The number of alkyl halides is 3. The lowest BCUT2D eigenvalue weighted by Crippen LogP contribution is -2.20. The zero-order chi connectivity index (χ0) is 22.4. The van der Waals surface area contributed by atoms with Crippen LogP contribution in [0.25, 0.3) is 0 Å². The van der Waals surface area contributed by atoms with E-state index in [4.69, 9.17) is 4.74 Å². The average molecular weight is 450 g/mol. The lowest BCUT2D eigenvalue weighted by molar-refractivity contribution is -0.137. The van der Waals surface area contributed by atoms with E-state index in [0.29, 0.717) is 17.1 Å². The highest BCUT2D eigenvalue weighted by Crippen LogP contribution is 2.30. The summed E-state index contributed by atoms with van der Waals surface area (Å²) in [5.41, 5.74) is 0.0119. The Hall–Kier alpha value is -3.60. The van der Waals surface area contributed by atoms with Gasteiger partial charge in [-0.05, 0) is 30.3 Å². The molecular formula is C20H17F3N4O3S. The van der Waals surface area contributed by atoms with E-state index in [2.05, 4.69) is 20.9 Å². The molecule has 0 saturated heterocycles. The average Bonchev–Trinajstić information content (AvgIpc) is 3.14. The fraction of sp³-hybridized carbons (Fsp3) is 0.150. The number of rotatable bonds is 6. The van der Waals surface area contributed by atoms with E-state index in [-0.39, 0.29) is 17.2 Å². The molecule has 0 atom stereocenters. The third-order valence-electron chi connectivity index (χ3n) is 3.94. The van der Waals surface area contributed by atoms with Gasteiger partial charge in [0.2, 0.25) is 5.91 Å². The highest BCUT2D eigenvalue weighted by Gasteiger charge is 2.30. The van der Waals surface area contributed by atoms with Crippen LogP contribution in [-0.4, -0.2) is 24.0 Å². The smallest absolute Gasteiger partial charge is 0.416 e. The number of carbonyl (C=O) groups is 2. The van der Waals surface area contributed by atoms with Crippen LogP contribution in [0.15, 0.2) is 53.9 Å². The van der Waals surface area contributed by atoms with Crippen LogP contribution in [0.4, 0.5) is 34.5 Å². The number of ether oxygens (including phenoxy) is 1. The molecule has 3 aromatic rings. The second-order valence-corrected chi connectivity index (χ2v) is 7.09. The van der Waals surface area contributed by atoms with Gasteiger partial charge in [0.1, 0.15) is 5.75 Å². The van der Waals surface area contributed by atoms with Crippen LogP contribution in [-0.2, 0) is 17.4 Å². The quantitative estimate of drug-likeness (QED) is 0.493. The van der Waals surface area contributed by atoms with Crippen molar-refractivity contribution >= 4 is 39.8 Å². The number of hydrogen-bond acceptors (Lipinski definition) is 5. The molecule has 2 aromatic carbocycles. The first-order valence-corrected chi connectivity index (χ1v) is 9.75. The molecule has 31 heavy (non-hydrogen) atoms. The maximum atomic E-state index is 12.8. The number of para-hydroxylation sites is 2. The molecule has 0 aliphatic heterocycles. The lowest BCUT2D eigenvalue weighted by Gasteiger charge is -2.09. The van der Waals surface area contributed by atoms with Crippen LogP contribution in [0.1, 0.15) is 11.3 Å². The van der Waals surface area contributed by atoms with Gasteiger partial charge < -0.3 is 15.4 Å². The molecule has 3 N–H and O–H groups in total. The Morgan fingerprint density at radius 1 is 1.06 bits per heavy atom. The summed E-state index contributed by atoms with van der Waals surface area (Å²) in [6.07, 6.45) is -4.66. The number of halogens is 3. The standard InChI is InChI=1S/C20H17F3N4O3S/c1-30-16-8-3-2-7-15(16)26-18(29)27-19-25-14(11-31-19)10-17(28)24-13-6-4-5-12(9-13)20(21,22)23/h2-9,11H,10H2,1H3,(H,24,28)(H2,25,26,27,29). The molecular weight excluding hydrogens is 433 g/mol. The normalized spacial score (nSPS) is 11.0. The van der Waals surface area contributed by atoms with Gasteiger partial charge in [0.05, 0.1) is 30.5 Å². The zero-order valence-electron chi connectivity index (χ0n) is 16.1. The molecule has 7 nitrogen and oxygen atoms in total. The number of nitrogens with one attached hydrogen (secondary N) is 3. The third kappa shape index (κ3) is 6.19. The van der Waals surface area contributed by atoms with Crippen molar-refractivity contribution < 1.29 is 27.5 Å². The number of urea groups is 1. The Kier molecular flexibility index (Phi) is 6.75. The van der Waals surface area contributed by atoms with E-state index in [1.165, 1.54) is 19.2 Å². The van der Waals surface area contributed by atoms with Crippen molar-refractivity contribution in [2.24, 2.45) is 0 Å². The molecule has 1 heterocycles. The van der Waals surface area contributed by atoms with Crippen LogP contribution in [0.2, 0.25) is 0 Å². The first-order valence-electron chi connectivity index (χ1n) is 8.87. The van der Waals surface area contributed by atoms with E-state index in [9.17, 15) is 22.8 Å². The number of aromatic nitrogens is 1. The molecule has 162 valence electrons. The lowest BCUT2D eigenvalue weighted by atomic mass is 10.2. The predicted octanol–water partition coefficient (Wildman–Crippen LogP) is 5.00. The van der Waals surface area contributed by atoms with E-state index in [1.807, 2.05) is 0 Å².